The van der Waals surface area contributed by atoms with Crippen molar-refractivity contribution in [3.8, 4) is 0 Å². The molecule has 0 aromatic rings. The van der Waals surface area contributed by atoms with Crippen LogP contribution in [0.3, 0.4) is 0 Å². The summed E-state index contributed by atoms with van der Waals surface area (Å²) < 4.78 is -1.45. The van der Waals surface area contributed by atoms with Crippen LogP contribution in [0.25, 0.3) is 0 Å². The Bertz CT molecular complexity index is 744. The van der Waals surface area contributed by atoms with E-state index in [0.717, 1.165) is 77.2 Å². The summed E-state index contributed by atoms with van der Waals surface area (Å²) in [5, 5.41) is 0.646. The third kappa shape index (κ3) is 6.80. The second-order valence-electron chi connectivity index (χ2n) is 10.9. The van der Waals surface area contributed by atoms with Crippen LogP contribution in [0.2, 0.25) is 0 Å². The maximum absolute atomic E-state index is 12.2. The molecule has 2 aliphatic carbocycles. The molecule has 0 N–H and O–H groups in total. The maximum Gasteiger partial charge on any atom is 0.222 e. The lowest BCUT2D eigenvalue weighted by Gasteiger charge is -2.37. The van der Waals surface area contributed by atoms with Crippen LogP contribution in [0.4, 0.5) is 0 Å². The average Bonchev–Trinajstić information content (AvgIpc) is 3.04. The van der Waals surface area contributed by atoms with Gasteiger partial charge in [0.2, 0.25) is 5.91 Å². The van der Waals surface area contributed by atoms with E-state index in [9.17, 15) is 4.79 Å². The first kappa shape index (κ1) is 33.2. The molecular weight excluding hydrogens is 579 g/mol. The van der Waals surface area contributed by atoms with Crippen molar-refractivity contribution in [2.75, 3.05) is 13.6 Å². The first-order valence-electron chi connectivity index (χ1n) is 14.1. The predicted molar refractivity (Wildman–Crippen MR) is 160 cm³/mol. The topological polar surface area (TPSA) is 20.3 Å². The third-order valence-electron chi connectivity index (χ3n) is 8.30. The van der Waals surface area contributed by atoms with E-state index < -0.39 is 14.1 Å². The number of hydrogen-bond donors (Lipinski definition) is 0. The van der Waals surface area contributed by atoms with E-state index in [4.69, 9.17) is 69.6 Å². The van der Waals surface area contributed by atoms with E-state index in [2.05, 4.69) is 13.8 Å². The smallest absolute Gasteiger partial charge is 0.222 e. The minimum atomic E-state index is -1.45. The van der Waals surface area contributed by atoms with Gasteiger partial charge in [-0.2, -0.15) is 0 Å². The molecule has 1 saturated carbocycles. The van der Waals surface area contributed by atoms with Gasteiger partial charge in [0.25, 0.3) is 0 Å². The van der Waals surface area contributed by atoms with Gasteiger partial charge in [-0.15, -0.1) is 23.2 Å². The lowest BCUT2D eigenvalue weighted by atomic mass is 9.76. The van der Waals surface area contributed by atoms with E-state index in [1.807, 2.05) is 11.9 Å². The van der Waals surface area contributed by atoms with E-state index in [1.54, 1.807) is 0 Å². The van der Waals surface area contributed by atoms with Crippen molar-refractivity contribution in [2.24, 2.45) is 11.8 Å². The molecule has 2 rings (SSSR count). The summed E-state index contributed by atoms with van der Waals surface area (Å²) in [4.78, 5) is 11.8. The van der Waals surface area contributed by atoms with Gasteiger partial charge in [0, 0.05) is 20.0 Å². The molecule has 2 aliphatic rings. The van der Waals surface area contributed by atoms with Gasteiger partial charge in [0.15, 0.2) is 4.33 Å². The van der Waals surface area contributed by atoms with Crippen LogP contribution in [0.1, 0.15) is 117 Å². The maximum atomic E-state index is 12.2. The molecule has 2 nitrogen and oxygen atoms in total. The van der Waals surface area contributed by atoms with Crippen molar-refractivity contribution in [2.45, 2.75) is 131 Å². The fourth-order valence-corrected chi connectivity index (χ4v) is 9.18. The molecule has 4 atom stereocenters. The Labute approximate surface area is 250 Å². The highest BCUT2D eigenvalue weighted by Crippen LogP contribution is 2.77. The number of hydrogen-bond acceptors (Lipinski definition) is 1. The van der Waals surface area contributed by atoms with Crippen molar-refractivity contribution in [3.63, 3.8) is 0 Å². The van der Waals surface area contributed by atoms with Crippen LogP contribution in [-0.2, 0) is 4.79 Å². The van der Waals surface area contributed by atoms with Gasteiger partial charge in [0.1, 0.15) is 9.75 Å². The summed E-state index contributed by atoms with van der Waals surface area (Å²) in [5.41, 5.74) is 0. The first-order valence-corrected chi connectivity index (χ1v) is 16.3. The molecule has 0 radical (unpaired) electrons. The molecule has 0 aliphatic heterocycles. The lowest BCUT2D eigenvalue weighted by molar-refractivity contribution is -0.130. The van der Waals surface area contributed by atoms with E-state index in [-0.39, 0.29) is 17.7 Å². The molecule has 0 unspecified atom stereocenters. The number of carbonyl (C=O) groups excluding carboxylic acids is 1. The number of unbranched alkanes of at least 4 members (excludes halogenated alkanes) is 10. The van der Waals surface area contributed by atoms with Crippen molar-refractivity contribution >= 4 is 75.5 Å². The Kier molecular flexibility index (Phi) is 13.9. The summed E-state index contributed by atoms with van der Waals surface area (Å²) in [7, 11) is 1.90. The number of amides is 1. The van der Waals surface area contributed by atoms with Crippen molar-refractivity contribution in [1.29, 1.82) is 0 Å². The molecule has 0 heterocycles. The Balaban J connectivity index is 1.88. The zero-order valence-electron chi connectivity index (χ0n) is 22.3. The van der Waals surface area contributed by atoms with E-state index in [0.29, 0.717) is 16.5 Å². The highest BCUT2D eigenvalue weighted by Gasteiger charge is 2.81. The molecule has 0 spiro atoms. The van der Waals surface area contributed by atoms with Gasteiger partial charge in [-0.1, -0.05) is 131 Å². The predicted octanol–water partition coefficient (Wildman–Crippen LogP) is 10.8. The van der Waals surface area contributed by atoms with Gasteiger partial charge in [0.05, 0.1) is 10.1 Å². The largest absolute Gasteiger partial charge is 0.346 e. The van der Waals surface area contributed by atoms with Gasteiger partial charge in [-0.25, -0.2) is 0 Å². The van der Waals surface area contributed by atoms with Crippen LogP contribution in [-0.4, -0.2) is 38.5 Å². The summed E-state index contributed by atoms with van der Waals surface area (Å²) in [6.07, 6.45) is 16.9. The minimum Gasteiger partial charge on any atom is -0.346 e. The van der Waals surface area contributed by atoms with Gasteiger partial charge < -0.3 is 4.90 Å². The Morgan fingerprint density at radius 2 is 1.11 bits per heavy atom. The summed E-state index contributed by atoms with van der Waals surface area (Å²) in [6.45, 7) is 5.22. The fourth-order valence-electron chi connectivity index (χ4n) is 6.03. The highest BCUT2D eigenvalue weighted by atomic mass is 35.5. The number of rotatable bonds is 18. The first-order chi connectivity index (χ1) is 17.0. The molecule has 8 heteroatoms. The van der Waals surface area contributed by atoms with Gasteiger partial charge in [-0.3, -0.25) is 4.79 Å². The summed E-state index contributed by atoms with van der Waals surface area (Å²) >= 11 is 41.4. The molecular formula is C28H45Cl6NO. The quantitative estimate of drug-likeness (QED) is 0.110. The lowest BCUT2D eigenvalue weighted by Crippen LogP contribution is -2.44. The van der Waals surface area contributed by atoms with Gasteiger partial charge in [-0.05, 0) is 37.5 Å². The van der Waals surface area contributed by atoms with Crippen LogP contribution in [0.5, 0.6) is 0 Å². The van der Waals surface area contributed by atoms with Crippen molar-refractivity contribution in [1.82, 2.24) is 4.90 Å². The zero-order chi connectivity index (χ0) is 27.0. The molecule has 1 amide bonds. The second-order valence-corrected chi connectivity index (χ2v) is 14.1. The molecule has 2 bridgehead atoms. The standard InChI is InChI=1S/C28H45Cl6NO/c1-4-6-8-9-11-14-17-21-22(27(32)25(30)24(29)26(21,31)28(27,33)34)18-15-12-10-13-16-19-23(36)35(3)20-7-5-2/h21-22H,4-20H2,1-3H3/t21-,22-,26-,27-/m0/s1. The fraction of sp³-hybridized carbons (Fsp3) is 0.893. The molecule has 36 heavy (non-hydrogen) atoms. The molecule has 0 aromatic carbocycles. The summed E-state index contributed by atoms with van der Waals surface area (Å²) in [6, 6.07) is 0. The highest BCUT2D eigenvalue weighted by molar-refractivity contribution is 6.65. The molecule has 210 valence electrons. The SMILES string of the molecule is CCCCCCCC[C@H]1[C@H](CCCCCCCC(=O)N(C)CCCC)[C@]2(Cl)C(Cl)=C(Cl)[C@]1(Cl)C2(Cl)Cl. The minimum absolute atomic E-state index is 0.0101. The molecule has 0 saturated heterocycles. The normalized spacial score (nSPS) is 28.8. The van der Waals surface area contributed by atoms with Gasteiger partial charge >= 0.3 is 0 Å². The van der Waals surface area contributed by atoms with E-state index >= 15 is 0 Å². The summed E-state index contributed by atoms with van der Waals surface area (Å²) in [5.74, 6) is 0.216. The van der Waals surface area contributed by atoms with Crippen molar-refractivity contribution in [3.05, 3.63) is 10.1 Å². The Hall–Kier alpha value is 0.950. The zero-order valence-corrected chi connectivity index (χ0v) is 26.8. The van der Waals surface area contributed by atoms with Crippen LogP contribution in [0, 0.1) is 11.8 Å². The Morgan fingerprint density at radius 3 is 1.58 bits per heavy atom. The number of carbonyl (C=O) groups is 1. The van der Waals surface area contributed by atoms with Crippen LogP contribution < -0.4 is 0 Å². The second kappa shape index (κ2) is 15.1. The number of nitrogens with zero attached hydrogens (tertiary/aromatic N) is 1. The monoisotopic (exact) mass is 621 g/mol. The molecule has 0 aromatic heterocycles. The van der Waals surface area contributed by atoms with Crippen molar-refractivity contribution < 1.29 is 4.79 Å². The van der Waals surface area contributed by atoms with Crippen LogP contribution >= 0.6 is 69.6 Å². The molecule has 1 fully saturated rings. The average molecular weight is 624 g/mol. The number of halogens is 6. The van der Waals surface area contributed by atoms with Crippen LogP contribution in [0.15, 0.2) is 10.1 Å². The number of alkyl halides is 4. The van der Waals surface area contributed by atoms with E-state index in [1.165, 1.54) is 25.7 Å². The third-order valence-corrected chi connectivity index (χ3v) is 12.6. The number of allylic oxidation sites excluding steroid dienone is 2. The Morgan fingerprint density at radius 1 is 0.694 bits per heavy atom. The number of fused-ring (bicyclic) bond motifs is 2.